The molecule has 0 fully saturated rings. The Morgan fingerprint density at radius 3 is 1.86 bits per heavy atom. The van der Waals surface area contributed by atoms with Crippen LogP contribution in [0.2, 0.25) is 0 Å². The fourth-order valence-corrected chi connectivity index (χ4v) is 4.72. The summed E-state index contributed by atoms with van der Waals surface area (Å²) in [5.41, 5.74) is 2.51. The summed E-state index contributed by atoms with van der Waals surface area (Å²) in [6.45, 7) is 9.93. The molecule has 0 spiro atoms. The van der Waals surface area contributed by atoms with Gasteiger partial charge < -0.3 is 22.0 Å². The Morgan fingerprint density at radius 2 is 1.50 bits per heavy atom. The summed E-state index contributed by atoms with van der Waals surface area (Å²) in [6.07, 6.45) is 0. The SMILES string of the molecule is CCO[Si](Cc1ccccc1C)(OCC)OCC.O=[S-](O)=S. The van der Waals surface area contributed by atoms with E-state index in [2.05, 4.69) is 30.2 Å². The summed E-state index contributed by atoms with van der Waals surface area (Å²) in [4.78, 5) is 0. The third kappa shape index (κ3) is 8.94. The van der Waals surface area contributed by atoms with E-state index in [9.17, 15) is 0 Å². The molecule has 5 nitrogen and oxygen atoms in total. The van der Waals surface area contributed by atoms with Crippen LogP contribution in [-0.2, 0) is 44.4 Å². The second-order valence-electron chi connectivity index (χ2n) is 4.30. The Morgan fingerprint density at radius 1 is 1.09 bits per heavy atom. The van der Waals surface area contributed by atoms with Crippen LogP contribution in [0.5, 0.6) is 0 Å². The van der Waals surface area contributed by atoms with E-state index in [0.29, 0.717) is 19.8 Å². The molecule has 1 aromatic carbocycles. The molecule has 0 aliphatic heterocycles. The zero-order valence-corrected chi connectivity index (χ0v) is 16.2. The van der Waals surface area contributed by atoms with E-state index in [1.807, 2.05) is 32.9 Å². The molecule has 1 aromatic rings. The second kappa shape index (κ2) is 12.1. The zero-order chi connectivity index (χ0) is 17.0. The Balaban J connectivity index is 0.000000980. The molecule has 0 aromatic heterocycles. The van der Waals surface area contributed by atoms with Crippen molar-refractivity contribution in [3.05, 3.63) is 35.4 Å². The van der Waals surface area contributed by atoms with E-state index in [4.69, 9.17) is 22.0 Å². The summed E-state index contributed by atoms with van der Waals surface area (Å²) in [5.74, 6) is 0. The Bertz CT molecular complexity index is 469. The molecule has 0 saturated heterocycles. The Hall–Kier alpha value is -0.353. The standard InChI is InChI=1S/C14H24O3Si.HO2S2/c1-5-15-18(16-6-2,17-7-3)12-14-11-9-8-10-13(14)4;1-4(2)3/h8-11H,5-7,12H2,1-4H3;(H,1,2,3)/q;-1. The predicted octanol–water partition coefficient (Wildman–Crippen LogP) is 3.01. The maximum absolute atomic E-state index is 8.93. The maximum Gasteiger partial charge on any atom is 0.505 e. The fraction of sp³-hybridized carbons (Fsp3) is 0.571. The van der Waals surface area contributed by atoms with Crippen LogP contribution >= 0.6 is 0 Å². The molecule has 0 aliphatic rings. The summed E-state index contributed by atoms with van der Waals surface area (Å²) in [5, 5.41) is 0. The minimum atomic E-state index is -2.57. The average molecular weight is 366 g/mol. The largest absolute Gasteiger partial charge is 0.505 e. The van der Waals surface area contributed by atoms with Gasteiger partial charge in [-0.25, -0.2) is 11.2 Å². The molecule has 0 atom stereocenters. The van der Waals surface area contributed by atoms with Gasteiger partial charge in [-0.3, -0.25) is 0 Å². The lowest BCUT2D eigenvalue weighted by Crippen LogP contribution is -2.48. The van der Waals surface area contributed by atoms with Gasteiger partial charge in [-0.05, 0) is 38.8 Å². The maximum atomic E-state index is 8.93. The van der Waals surface area contributed by atoms with Gasteiger partial charge in [0.15, 0.2) is 0 Å². The molecular weight excluding hydrogens is 340 g/mol. The summed E-state index contributed by atoms with van der Waals surface area (Å²) in [7, 11) is -4.60. The van der Waals surface area contributed by atoms with E-state index in [1.165, 1.54) is 11.1 Å². The molecule has 0 unspecified atom stereocenters. The van der Waals surface area contributed by atoms with Gasteiger partial charge in [-0.2, -0.15) is 0 Å². The average Bonchev–Trinajstić information content (AvgIpc) is 2.42. The lowest BCUT2D eigenvalue weighted by molar-refractivity contribution is 0.0703. The summed E-state index contributed by atoms with van der Waals surface area (Å²) < 4.78 is 33.9. The van der Waals surface area contributed by atoms with Crippen molar-refractivity contribution in [3.63, 3.8) is 0 Å². The second-order valence-corrected chi connectivity index (χ2v) is 8.18. The van der Waals surface area contributed by atoms with Crippen LogP contribution in [0.1, 0.15) is 31.9 Å². The molecule has 1 N–H and O–H groups in total. The predicted molar refractivity (Wildman–Crippen MR) is 93.6 cm³/mol. The van der Waals surface area contributed by atoms with Crippen LogP contribution < -0.4 is 0 Å². The number of benzene rings is 1. The Kier molecular flexibility index (Phi) is 11.9. The molecule has 0 aliphatic carbocycles. The third-order valence-electron chi connectivity index (χ3n) is 2.76. The number of aryl methyl sites for hydroxylation is 1. The first-order valence-corrected chi connectivity index (χ1v) is 11.1. The number of rotatable bonds is 8. The Labute approximate surface area is 140 Å². The third-order valence-corrected chi connectivity index (χ3v) is 5.76. The van der Waals surface area contributed by atoms with Gasteiger partial charge in [-0.1, -0.05) is 33.9 Å². The van der Waals surface area contributed by atoms with E-state index in [0.717, 1.165) is 6.04 Å². The summed E-state index contributed by atoms with van der Waals surface area (Å²) in [6, 6.07) is 9.07. The van der Waals surface area contributed by atoms with Gasteiger partial charge in [0.2, 0.25) is 0 Å². The van der Waals surface area contributed by atoms with Gasteiger partial charge in [0, 0.05) is 25.9 Å². The molecule has 0 heterocycles. The highest BCUT2D eigenvalue weighted by atomic mass is 32.8. The van der Waals surface area contributed by atoms with E-state index in [1.54, 1.807) is 0 Å². The van der Waals surface area contributed by atoms with Crippen molar-refractivity contribution in [2.24, 2.45) is 0 Å². The first-order valence-electron chi connectivity index (χ1n) is 7.15. The molecule has 0 saturated carbocycles. The van der Waals surface area contributed by atoms with Crippen molar-refractivity contribution in [1.29, 1.82) is 0 Å². The minimum Gasteiger partial charge on any atom is -0.459 e. The zero-order valence-electron chi connectivity index (χ0n) is 13.5. The molecular formula is C14H25O5S2Si-. The van der Waals surface area contributed by atoms with Gasteiger partial charge >= 0.3 is 8.80 Å². The van der Waals surface area contributed by atoms with Crippen molar-refractivity contribution >= 4 is 29.6 Å². The van der Waals surface area contributed by atoms with Crippen LogP contribution in [-0.4, -0.2) is 33.2 Å². The molecule has 128 valence electrons. The molecule has 0 bridgehead atoms. The lowest BCUT2D eigenvalue weighted by Gasteiger charge is -2.29. The van der Waals surface area contributed by atoms with Crippen LogP contribution in [0.4, 0.5) is 0 Å². The normalized spacial score (nSPS) is 11.2. The van der Waals surface area contributed by atoms with Crippen LogP contribution in [0, 0.1) is 6.92 Å². The smallest absolute Gasteiger partial charge is 0.459 e. The van der Waals surface area contributed by atoms with Gasteiger partial charge in [-0.15, -0.1) is 0 Å². The van der Waals surface area contributed by atoms with Crippen molar-refractivity contribution in [3.8, 4) is 0 Å². The van der Waals surface area contributed by atoms with Crippen molar-refractivity contribution in [2.75, 3.05) is 19.8 Å². The number of hydrogen-bond acceptors (Lipinski definition) is 6. The summed E-state index contributed by atoms with van der Waals surface area (Å²) >= 11 is 3.65. The van der Waals surface area contributed by atoms with Gasteiger partial charge in [0.25, 0.3) is 0 Å². The van der Waals surface area contributed by atoms with Crippen LogP contribution in [0.15, 0.2) is 24.3 Å². The van der Waals surface area contributed by atoms with E-state index >= 15 is 0 Å². The molecule has 22 heavy (non-hydrogen) atoms. The van der Waals surface area contributed by atoms with E-state index in [-0.39, 0.29) is 0 Å². The molecule has 1 rings (SSSR count). The van der Waals surface area contributed by atoms with Crippen molar-refractivity contribution in [2.45, 2.75) is 33.7 Å². The quantitative estimate of drug-likeness (QED) is 0.434. The molecule has 0 radical (unpaired) electrons. The topological polar surface area (TPSA) is 65.0 Å². The first-order chi connectivity index (χ1) is 10.4. The molecule has 8 heteroatoms. The highest BCUT2D eigenvalue weighted by Gasteiger charge is 2.40. The minimum absolute atomic E-state index is 0.623. The highest BCUT2D eigenvalue weighted by Crippen LogP contribution is 2.19. The van der Waals surface area contributed by atoms with Crippen LogP contribution in [0.3, 0.4) is 0 Å². The van der Waals surface area contributed by atoms with E-state index < -0.39 is 18.4 Å². The lowest BCUT2D eigenvalue weighted by atomic mass is 10.1. The van der Waals surface area contributed by atoms with Gasteiger partial charge in [0.05, 0.1) is 0 Å². The fourth-order valence-electron chi connectivity index (χ4n) is 1.98. The van der Waals surface area contributed by atoms with Crippen LogP contribution in [0.25, 0.3) is 0 Å². The molecule has 0 amide bonds. The van der Waals surface area contributed by atoms with Gasteiger partial charge in [0.1, 0.15) is 0 Å². The first kappa shape index (κ1) is 21.6. The highest BCUT2D eigenvalue weighted by molar-refractivity contribution is 8.18. The monoisotopic (exact) mass is 365 g/mol. The number of hydrogen-bond donors (Lipinski definition) is 1. The van der Waals surface area contributed by atoms with Crippen molar-refractivity contribution in [1.82, 2.24) is 0 Å². The van der Waals surface area contributed by atoms with Crippen molar-refractivity contribution < 1.29 is 22.0 Å².